The van der Waals surface area contributed by atoms with Crippen LogP contribution in [0.5, 0.6) is 0 Å². The molecule has 0 bridgehead atoms. The Balaban J connectivity index is 1.40. The molecular formula is C28H40ClFN4O2. The van der Waals surface area contributed by atoms with Gasteiger partial charge in [0.15, 0.2) is 0 Å². The zero-order valence-corrected chi connectivity index (χ0v) is 22.5. The Hall–Kier alpha value is -1.93. The van der Waals surface area contributed by atoms with Gasteiger partial charge in [0.25, 0.3) is 0 Å². The fraction of sp³-hybridized carbons (Fsp3) is 0.607. The number of methoxy groups -OCH3 is 1. The number of anilines is 2. The van der Waals surface area contributed by atoms with Gasteiger partial charge >= 0.3 is 0 Å². The van der Waals surface area contributed by atoms with Crippen molar-refractivity contribution in [2.45, 2.75) is 70.5 Å². The average molecular weight is 519 g/mol. The van der Waals surface area contributed by atoms with E-state index in [0.29, 0.717) is 34.3 Å². The maximum Gasteiger partial charge on any atom is 0.131 e. The lowest BCUT2D eigenvalue weighted by atomic mass is 9.82. The predicted molar refractivity (Wildman–Crippen MR) is 145 cm³/mol. The Kier molecular flexibility index (Phi) is 9.45. The molecule has 1 atom stereocenters. The van der Waals surface area contributed by atoms with Crippen LogP contribution in [0, 0.1) is 11.2 Å². The van der Waals surface area contributed by atoms with Gasteiger partial charge in [-0.15, -0.1) is 0 Å². The minimum Gasteiger partial charge on any atom is -0.384 e. The lowest BCUT2D eigenvalue weighted by molar-refractivity contribution is 0.0300. The molecule has 2 fully saturated rings. The lowest BCUT2D eigenvalue weighted by Crippen LogP contribution is -2.42. The van der Waals surface area contributed by atoms with Crippen LogP contribution in [0.3, 0.4) is 0 Å². The van der Waals surface area contributed by atoms with Crippen LogP contribution in [0.25, 0.3) is 11.1 Å². The van der Waals surface area contributed by atoms with Crippen molar-refractivity contribution >= 4 is 23.1 Å². The highest BCUT2D eigenvalue weighted by atomic mass is 35.5. The number of nitrogens with zero attached hydrogens (tertiary/aromatic N) is 1. The van der Waals surface area contributed by atoms with Gasteiger partial charge in [0.2, 0.25) is 0 Å². The van der Waals surface area contributed by atoms with Crippen molar-refractivity contribution in [1.29, 1.82) is 0 Å². The molecule has 2 aromatic rings. The van der Waals surface area contributed by atoms with Crippen LogP contribution < -0.4 is 16.0 Å². The Bertz CT molecular complexity index is 994. The summed E-state index contributed by atoms with van der Waals surface area (Å²) in [6.07, 6.45) is 7.94. The second kappa shape index (κ2) is 12.5. The van der Waals surface area contributed by atoms with Crippen molar-refractivity contribution in [3.05, 3.63) is 41.3 Å². The number of nitrogens with one attached hydrogen (secondary N) is 3. The molecule has 36 heavy (non-hydrogen) atoms. The fourth-order valence-electron chi connectivity index (χ4n) is 5.24. The van der Waals surface area contributed by atoms with Gasteiger partial charge in [-0.2, -0.15) is 0 Å². The molecule has 3 N–H and O–H groups in total. The molecule has 198 valence electrons. The third kappa shape index (κ3) is 7.31. The topological polar surface area (TPSA) is 67.4 Å². The molecule has 1 saturated heterocycles. The maximum absolute atomic E-state index is 14.9. The van der Waals surface area contributed by atoms with E-state index < -0.39 is 0 Å². The van der Waals surface area contributed by atoms with Gasteiger partial charge in [-0.1, -0.05) is 18.5 Å². The maximum atomic E-state index is 14.9. The van der Waals surface area contributed by atoms with Crippen LogP contribution in [-0.4, -0.2) is 56.6 Å². The highest BCUT2D eigenvalue weighted by Gasteiger charge is 2.27. The summed E-state index contributed by atoms with van der Waals surface area (Å²) in [5.41, 5.74) is 2.19. The number of benzene rings is 1. The molecule has 2 aliphatic rings. The summed E-state index contributed by atoms with van der Waals surface area (Å²) in [7, 11) is 1.73. The second-order valence-electron chi connectivity index (χ2n) is 10.7. The van der Waals surface area contributed by atoms with E-state index in [-0.39, 0.29) is 11.2 Å². The molecule has 0 spiro atoms. The van der Waals surface area contributed by atoms with E-state index >= 15 is 0 Å². The summed E-state index contributed by atoms with van der Waals surface area (Å²) in [6, 6.07) is 8.21. The minimum absolute atomic E-state index is 0.175. The number of halogens is 2. The molecule has 0 radical (unpaired) electrons. The van der Waals surface area contributed by atoms with Crippen molar-refractivity contribution in [2.75, 3.05) is 44.1 Å². The summed E-state index contributed by atoms with van der Waals surface area (Å²) in [5.74, 6) is 0.430. The summed E-state index contributed by atoms with van der Waals surface area (Å²) in [5, 5.41) is 11.1. The zero-order valence-electron chi connectivity index (χ0n) is 21.7. The van der Waals surface area contributed by atoms with Crippen LogP contribution >= 0.6 is 11.6 Å². The Labute approximate surface area is 219 Å². The average Bonchev–Trinajstić information content (AvgIpc) is 2.87. The molecule has 2 heterocycles. The molecule has 6 nitrogen and oxygen atoms in total. The van der Waals surface area contributed by atoms with E-state index in [9.17, 15) is 4.39 Å². The van der Waals surface area contributed by atoms with E-state index in [4.69, 9.17) is 21.1 Å². The first-order chi connectivity index (χ1) is 17.3. The first-order valence-electron chi connectivity index (χ1n) is 13.1. The largest absolute Gasteiger partial charge is 0.384 e. The van der Waals surface area contributed by atoms with Crippen LogP contribution in [0.1, 0.15) is 52.4 Å². The molecule has 0 amide bonds. The third-order valence-electron chi connectivity index (χ3n) is 7.55. The predicted octanol–water partition coefficient (Wildman–Crippen LogP) is 6.12. The standard InChI is InChI=1S/C28H40ClFN4O2/c1-19(17-35-3)33-20-4-6-21(7-5-20)34-27-15-23(25(29)16-31-27)24-14-22(8-9-26(24)30)32-18-28(2)10-12-36-13-11-28/h8-9,14-16,19-21,32-33H,4-7,10-13,17-18H2,1-3H3,(H,31,34)/t19-,20?,21?/m1/s1. The van der Waals surface area contributed by atoms with Crippen molar-refractivity contribution in [3.63, 3.8) is 0 Å². The van der Waals surface area contributed by atoms with Gasteiger partial charge in [-0.25, -0.2) is 9.37 Å². The van der Waals surface area contributed by atoms with E-state index in [1.54, 1.807) is 19.4 Å². The van der Waals surface area contributed by atoms with Crippen molar-refractivity contribution in [3.8, 4) is 11.1 Å². The van der Waals surface area contributed by atoms with Crippen LogP contribution in [0.15, 0.2) is 30.5 Å². The molecule has 1 aromatic carbocycles. The van der Waals surface area contributed by atoms with Crippen molar-refractivity contribution in [2.24, 2.45) is 5.41 Å². The summed E-state index contributed by atoms with van der Waals surface area (Å²) in [6.45, 7) is 7.55. The SMILES string of the molecule is COC[C@@H](C)NC1CCC(Nc2cc(-c3cc(NCC4(C)CCOCC4)ccc3F)c(Cl)cn2)CC1. The number of hydrogen-bond acceptors (Lipinski definition) is 6. The van der Waals surface area contributed by atoms with Gasteiger partial charge in [0.1, 0.15) is 11.6 Å². The van der Waals surface area contributed by atoms with Gasteiger partial charge < -0.3 is 25.4 Å². The number of pyridine rings is 1. The van der Waals surface area contributed by atoms with Crippen LogP contribution in [0.4, 0.5) is 15.9 Å². The molecule has 8 heteroatoms. The fourth-order valence-corrected chi connectivity index (χ4v) is 5.44. The molecule has 1 aliphatic carbocycles. The second-order valence-corrected chi connectivity index (χ2v) is 11.1. The molecule has 1 aromatic heterocycles. The molecule has 4 rings (SSSR count). The molecule has 0 unspecified atom stereocenters. The van der Waals surface area contributed by atoms with E-state index in [1.807, 2.05) is 12.1 Å². The van der Waals surface area contributed by atoms with Crippen LogP contribution in [-0.2, 0) is 9.47 Å². The first kappa shape index (κ1) is 27.1. The smallest absolute Gasteiger partial charge is 0.131 e. The van der Waals surface area contributed by atoms with E-state index in [2.05, 4.69) is 34.8 Å². The van der Waals surface area contributed by atoms with Gasteiger partial charge in [0, 0.05) is 68.0 Å². The van der Waals surface area contributed by atoms with Gasteiger partial charge in [-0.3, -0.25) is 0 Å². The molecular weight excluding hydrogens is 479 g/mol. The highest BCUT2D eigenvalue weighted by Crippen LogP contribution is 2.35. The molecule has 1 aliphatic heterocycles. The van der Waals surface area contributed by atoms with Crippen LogP contribution in [0.2, 0.25) is 5.02 Å². The van der Waals surface area contributed by atoms with Gasteiger partial charge in [0.05, 0.1) is 11.6 Å². The number of hydrogen-bond donors (Lipinski definition) is 3. The minimum atomic E-state index is -0.298. The third-order valence-corrected chi connectivity index (χ3v) is 7.85. The summed E-state index contributed by atoms with van der Waals surface area (Å²) >= 11 is 6.50. The van der Waals surface area contributed by atoms with Crippen molar-refractivity contribution in [1.82, 2.24) is 10.3 Å². The van der Waals surface area contributed by atoms with E-state index in [1.165, 1.54) is 6.07 Å². The Morgan fingerprint density at radius 3 is 2.58 bits per heavy atom. The summed E-state index contributed by atoms with van der Waals surface area (Å²) < 4.78 is 25.7. The quantitative estimate of drug-likeness (QED) is 0.352. The Morgan fingerprint density at radius 2 is 1.86 bits per heavy atom. The summed E-state index contributed by atoms with van der Waals surface area (Å²) in [4.78, 5) is 4.48. The zero-order chi connectivity index (χ0) is 25.5. The number of rotatable bonds is 10. The monoisotopic (exact) mass is 518 g/mol. The normalized spacial score (nSPS) is 22.7. The lowest BCUT2D eigenvalue weighted by Gasteiger charge is -2.34. The molecule has 1 saturated carbocycles. The Morgan fingerprint density at radius 1 is 1.14 bits per heavy atom. The van der Waals surface area contributed by atoms with Crippen molar-refractivity contribution < 1.29 is 13.9 Å². The first-order valence-corrected chi connectivity index (χ1v) is 13.5. The number of aromatic nitrogens is 1. The number of ether oxygens (including phenoxy) is 2. The highest BCUT2D eigenvalue weighted by molar-refractivity contribution is 6.33. The van der Waals surface area contributed by atoms with Gasteiger partial charge in [-0.05, 0) is 75.1 Å². The van der Waals surface area contributed by atoms with E-state index in [0.717, 1.165) is 76.4 Å².